The Morgan fingerprint density at radius 3 is 2.29 bits per heavy atom. The molecule has 17 heavy (non-hydrogen) atoms. The molecule has 1 rings (SSSR count). The van der Waals surface area contributed by atoms with Crippen LogP contribution in [0.5, 0.6) is 0 Å². The number of carbonyl (C=O) groups excluding carboxylic acids is 1. The Labute approximate surface area is 101 Å². The zero-order valence-electron chi connectivity index (χ0n) is 10.7. The number of amides is 1. The van der Waals surface area contributed by atoms with Gasteiger partial charge in [-0.1, -0.05) is 12.1 Å². The van der Waals surface area contributed by atoms with E-state index in [9.17, 15) is 9.18 Å². The number of carbonyl (C=O) groups is 1. The number of halogens is 1. The summed E-state index contributed by atoms with van der Waals surface area (Å²) in [6, 6.07) is 6.04. The van der Waals surface area contributed by atoms with Crippen LogP contribution in [-0.2, 0) is 11.3 Å². The van der Waals surface area contributed by atoms with Gasteiger partial charge in [0.05, 0.1) is 0 Å². The van der Waals surface area contributed by atoms with Gasteiger partial charge >= 0.3 is 6.09 Å². The van der Waals surface area contributed by atoms with Gasteiger partial charge in [-0.15, -0.1) is 0 Å². The first-order chi connectivity index (χ1) is 7.78. The first-order valence-electron chi connectivity index (χ1n) is 5.46. The van der Waals surface area contributed by atoms with Gasteiger partial charge in [-0.3, -0.25) is 0 Å². The fourth-order valence-corrected chi connectivity index (χ4v) is 1.27. The molecule has 4 heteroatoms. The number of hydrogen-bond donors (Lipinski definition) is 0. The van der Waals surface area contributed by atoms with Crippen LogP contribution < -0.4 is 0 Å². The minimum Gasteiger partial charge on any atom is -0.444 e. The summed E-state index contributed by atoms with van der Waals surface area (Å²) in [7, 11) is 1.65. The molecule has 0 aliphatic heterocycles. The minimum atomic E-state index is -0.506. The summed E-state index contributed by atoms with van der Waals surface area (Å²) < 4.78 is 17.9. The third-order valence-electron chi connectivity index (χ3n) is 2.04. The van der Waals surface area contributed by atoms with Crippen molar-refractivity contribution in [2.45, 2.75) is 32.9 Å². The van der Waals surface area contributed by atoms with Gasteiger partial charge in [-0.2, -0.15) is 0 Å². The summed E-state index contributed by atoms with van der Waals surface area (Å²) in [6.45, 7) is 5.85. The summed E-state index contributed by atoms with van der Waals surface area (Å²) in [4.78, 5) is 13.1. The van der Waals surface area contributed by atoms with Crippen LogP contribution in [0.15, 0.2) is 24.3 Å². The summed E-state index contributed by atoms with van der Waals surface area (Å²) in [5.41, 5.74) is 0.355. The van der Waals surface area contributed by atoms with Gasteiger partial charge in [0, 0.05) is 13.6 Å². The highest BCUT2D eigenvalue weighted by Gasteiger charge is 2.19. The number of ether oxygens (including phenoxy) is 1. The molecule has 1 amide bonds. The fourth-order valence-electron chi connectivity index (χ4n) is 1.27. The van der Waals surface area contributed by atoms with Crippen LogP contribution >= 0.6 is 0 Å². The molecule has 0 spiro atoms. The lowest BCUT2D eigenvalue weighted by Crippen LogP contribution is -2.33. The molecule has 0 aliphatic rings. The van der Waals surface area contributed by atoms with Gasteiger partial charge in [0.25, 0.3) is 0 Å². The van der Waals surface area contributed by atoms with Crippen molar-refractivity contribution in [2.24, 2.45) is 0 Å². The summed E-state index contributed by atoms with van der Waals surface area (Å²) in [5, 5.41) is 0. The lowest BCUT2D eigenvalue weighted by Gasteiger charge is -2.24. The lowest BCUT2D eigenvalue weighted by atomic mass is 10.2. The van der Waals surface area contributed by atoms with Crippen LogP contribution in [0.3, 0.4) is 0 Å². The van der Waals surface area contributed by atoms with E-state index < -0.39 is 5.60 Å². The first-order valence-corrected chi connectivity index (χ1v) is 5.46. The zero-order chi connectivity index (χ0) is 13.1. The van der Waals surface area contributed by atoms with E-state index in [0.29, 0.717) is 6.54 Å². The second-order valence-corrected chi connectivity index (χ2v) is 4.96. The summed E-state index contributed by atoms with van der Waals surface area (Å²) in [5.74, 6) is -0.284. The van der Waals surface area contributed by atoms with Crippen molar-refractivity contribution in [3.63, 3.8) is 0 Å². The van der Waals surface area contributed by atoms with Gasteiger partial charge in [-0.25, -0.2) is 9.18 Å². The van der Waals surface area contributed by atoms with E-state index in [2.05, 4.69) is 0 Å². The Hall–Kier alpha value is -1.58. The Balaban J connectivity index is 2.57. The van der Waals surface area contributed by atoms with E-state index >= 15 is 0 Å². The van der Waals surface area contributed by atoms with Crippen molar-refractivity contribution in [3.8, 4) is 0 Å². The second-order valence-electron chi connectivity index (χ2n) is 4.96. The quantitative estimate of drug-likeness (QED) is 0.793. The van der Waals surface area contributed by atoms with E-state index in [-0.39, 0.29) is 11.9 Å². The standard InChI is InChI=1S/C13H18FNO2/c1-13(2,3)17-12(16)15(4)9-10-5-7-11(14)8-6-10/h5-8H,9H2,1-4H3. The van der Waals surface area contributed by atoms with Gasteiger partial charge in [0.2, 0.25) is 0 Å². The number of rotatable bonds is 2. The number of benzene rings is 1. The largest absolute Gasteiger partial charge is 0.444 e. The van der Waals surface area contributed by atoms with Gasteiger partial charge in [0.15, 0.2) is 0 Å². The van der Waals surface area contributed by atoms with Crippen molar-refractivity contribution in [2.75, 3.05) is 7.05 Å². The van der Waals surface area contributed by atoms with E-state index in [1.165, 1.54) is 17.0 Å². The van der Waals surface area contributed by atoms with Gasteiger partial charge in [-0.05, 0) is 38.5 Å². The molecule has 0 aliphatic carbocycles. The van der Waals surface area contributed by atoms with E-state index in [1.54, 1.807) is 19.2 Å². The van der Waals surface area contributed by atoms with E-state index in [1.807, 2.05) is 20.8 Å². The molecule has 0 fully saturated rings. The van der Waals surface area contributed by atoms with Crippen LogP contribution in [-0.4, -0.2) is 23.6 Å². The molecular weight excluding hydrogens is 221 g/mol. The molecule has 0 N–H and O–H groups in total. The predicted octanol–water partition coefficient (Wildman–Crippen LogP) is 3.19. The average Bonchev–Trinajstić information content (AvgIpc) is 2.19. The van der Waals surface area contributed by atoms with Crippen molar-refractivity contribution in [3.05, 3.63) is 35.6 Å². The second kappa shape index (κ2) is 5.17. The van der Waals surface area contributed by atoms with Crippen LogP contribution in [0.4, 0.5) is 9.18 Å². The Bertz CT molecular complexity index is 381. The molecule has 0 bridgehead atoms. The highest BCUT2D eigenvalue weighted by molar-refractivity contribution is 5.67. The maximum absolute atomic E-state index is 12.7. The summed E-state index contributed by atoms with van der Waals surface area (Å²) >= 11 is 0. The SMILES string of the molecule is CN(Cc1ccc(F)cc1)C(=O)OC(C)(C)C. The average molecular weight is 239 g/mol. The number of nitrogens with zero attached hydrogens (tertiary/aromatic N) is 1. The maximum atomic E-state index is 12.7. The minimum absolute atomic E-state index is 0.284. The van der Waals surface area contributed by atoms with E-state index in [0.717, 1.165) is 5.56 Å². The molecule has 0 saturated heterocycles. The molecular formula is C13H18FNO2. The van der Waals surface area contributed by atoms with Gasteiger partial charge < -0.3 is 9.64 Å². The maximum Gasteiger partial charge on any atom is 0.410 e. The van der Waals surface area contributed by atoms with Crippen LogP contribution in [0.25, 0.3) is 0 Å². The van der Waals surface area contributed by atoms with Crippen LogP contribution in [0, 0.1) is 5.82 Å². The third kappa shape index (κ3) is 4.85. The van der Waals surface area contributed by atoms with Crippen LogP contribution in [0.2, 0.25) is 0 Å². The third-order valence-corrected chi connectivity index (χ3v) is 2.04. The Morgan fingerprint density at radius 1 is 1.29 bits per heavy atom. The highest BCUT2D eigenvalue weighted by atomic mass is 19.1. The monoisotopic (exact) mass is 239 g/mol. The van der Waals surface area contributed by atoms with Crippen molar-refractivity contribution in [1.82, 2.24) is 4.90 Å². The molecule has 0 unspecified atom stereocenters. The molecule has 3 nitrogen and oxygen atoms in total. The lowest BCUT2D eigenvalue weighted by molar-refractivity contribution is 0.0285. The topological polar surface area (TPSA) is 29.5 Å². The van der Waals surface area contributed by atoms with Crippen molar-refractivity contribution < 1.29 is 13.9 Å². The summed E-state index contributed by atoms with van der Waals surface area (Å²) in [6.07, 6.45) is -0.387. The smallest absolute Gasteiger partial charge is 0.410 e. The molecule has 1 aromatic rings. The Morgan fingerprint density at radius 2 is 1.82 bits per heavy atom. The Kier molecular flexibility index (Phi) is 4.10. The molecule has 0 atom stereocenters. The molecule has 0 aromatic heterocycles. The van der Waals surface area contributed by atoms with Crippen LogP contribution in [0.1, 0.15) is 26.3 Å². The van der Waals surface area contributed by atoms with E-state index in [4.69, 9.17) is 4.74 Å². The first kappa shape index (κ1) is 13.5. The van der Waals surface area contributed by atoms with Crippen molar-refractivity contribution in [1.29, 1.82) is 0 Å². The number of hydrogen-bond acceptors (Lipinski definition) is 2. The zero-order valence-corrected chi connectivity index (χ0v) is 10.7. The molecule has 94 valence electrons. The normalized spacial score (nSPS) is 11.1. The molecule has 0 saturated carbocycles. The molecule has 0 radical (unpaired) electrons. The van der Waals surface area contributed by atoms with Crippen molar-refractivity contribution >= 4 is 6.09 Å². The molecule has 1 aromatic carbocycles. The predicted molar refractivity (Wildman–Crippen MR) is 64.1 cm³/mol. The fraction of sp³-hybridized carbons (Fsp3) is 0.462. The van der Waals surface area contributed by atoms with Gasteiger partial charge in [0.1, 0.15) is 11.4 Å². The highest BCUT2D eigenvalue weighted by Crippen LogP contribution is 2.11. The molecule has 0 heterocycles.